The van der Waals surface area contributed by atoms with Crippen LogP contribution >= 0.6 is 11.8 Å². The molecule has 0 unspecified atom stereocenters. The molecule has 1 heterocycles. The van der Waals surface area contributed by atoms with Crippen LogP contribution in [-0.4, -0.2) is 26.4 Å². The fraction of sp³-hybridized carbons (Fsp3) is 0.222. The summed E-state index contributed by atoms with van der Waals surface area (Å²) in [6, 6.07) is 24.5. The lowest BCUT2D eigenvalue weighted by atomic mass is 10.1. The van der Waals surface area contributed by atoms with Crippen molar-refractivity contribution in [3.05, 3.63) is 101 Å². The third kappa shape index (κ3) is 5.71. The summed E-state index contributed by atoms with van der Waals surface area (Å²) in [6.45, 7) is 6.31. The maximum absolute atomic E-state index is 12.6. The van der Waals surface area contributed by atoms with Crippen molar-refractivity contribution in [1.82, 2.24) is 14.8 Å². The number of hydrogen-bond donors (Lipinski definition) is 1. The summed E-state index contributed by atoms with van der Waals surface area (Å²) in [4.78, 5) is 12.6. The first kappa shape index (κ1) is 22.8. The summed E-state index contributed by atoms with van der Waals surface area (Å²) in [5.41, 5.74) is 6.66. The molecule has 0 atom stereocenters. The number of nitrogens with one attached hydrogen (secondary N) is 1. The monoisotopic (exact) mass is 456 g/mol. The number of thioether (sulfide) groups is 1. The number of nitrogens with zero attached hydrogens (tertiary/aromatic N) is 3. The molecule has 168 valence electrons. The van der Waals surface area contributed by atoms with E-state index in [1.54, 1.807) is 0 Å². The number of hydrogen-bond acceptors (Lipinski definition) is 4. The van der Waals surface area contributed by atoms with E-state index in [-0.39, 0.29) is 11.7 Å². The second-order valence-electron chi connectivity index (χ2n) is 8.05. The minimum atomic E-state index is -0.0662. The van der Waals surface area contributed by atoms with Gasteiger partial charge in [-0.3, -0.25) is 9.36 Å². The van der Waals surface area contributed by atoms with Crippen molar-refractivity contribution in [3.8, 4) is 5.69 Å². The van der Waals surface area contributed by atoms with E-state index in [1.807, 2.05) is 42.5 Å². The smallest absolute Gasteiger partial charge is 0.234 e. The molecule has 0 spiro atoms. The van der Waals surface area contributed by atoms with Gasteiger partial charge in [-0.15, -0.1) is 10.2 Å². The molecule has 33 heavy (non-hydrogen) atoms. The van der Waals surface area contributed by atoms with Gasteiger partial charge in [-0.05, 0) is 66.8 Å². The number of rotatable bonds is 8. The molecule has 0 aliphatic rings. The molecule has 0 bridgehead atoms. The van der Waals surface area contributed by atoms with Crippen LogP contribution in [0.15, 0.2) is 78.0 Å². The van der Waals surface area contributed by atoms with Crippen LogP contribution in [-0.2, 0) is 17.6 Å². The van der Waals surface area contributed by atoms with E-state index in [0.29, 0.717) is 11.6 Å². The normalized spacial score (nSPS) is 10.9. The van der Waals surface area contributed by atoms with Crippen molar-refractivity contribution in [3.63, 3.8) is 0 Å². The van der Waals surface area contributed by atoms with Crippen LogP contribution in [0.5, 0.6) is 0 Å². The Morgan fingerprint density at radius 1 is 0.909 bits per heavy atom. The first-order valence-corrected chi connectivity index (χ1v) is 12.1. The molecule has 0 aliphatic heterocycles. The maximum atomic E-state index is 12.6. The molecule has 0 radical (unpaired) electrons. The quantitative estimate of drug-likeness (QED) is 0.342. The number of aryl methyl sites for hydroxylation is 3. The van der Waals surface area contributed by atoms with Crippen LogP contribution < -0.4 is 5.32 Å². The van der Waals surface area contributed by atoms with E-state index in [2.05, 4.69) is 71.2 Å². The number of aromatic nitrogens is 3. The zero-order valence-electron chi connectivity index (χ0n) is 19.2. The molecule has 0 fully saturated rings. The maximum Gasteiger partial charge on any atom is 0.234 e. The predicted octanol–water partition coefficient (Wildman–Crippen LogP) is 5.77. The van der Waals surface area contributed by atoms with Gasteiger partial charge in [0.25, 0.3) is 0 Å². The summed E-state index contributed by atoms with van der Waals surface area (Å²) in [7, 11) is 0. The third-order valence-electron chi connectivity index (χ3n) is 5.63. The highest BCUT2D eigenvalue weighted by Gasteiger charge is 2.17. The molecular formula is C27H28N4OS. The molecule has 1 aromatic heterocycles. The number of carbonyl (C=O) groups is 1. The van der Waals surface area contributed by atoms with Gasteiger partial charge in [0.15, 0.2) is 5.16 Å². The van der Waals surface area contributed by atoms with Crippen LogP contribution in [0.2, 0.25) is 0 Å². The van der Waals surface area contributed by atoms with Gasteiger partial charge in [0.05, 0.1) is 5.75 Å². The van der Waals surface area contributed by atoms with Crippen molar-refractivity contribution in [2.45, 2.75) is 38.8 Å². The lowest BCUT2D eigenvalue weighted by molar-refractivity contribution is -0.113. The van der Waals surface area contributed by atoms with Gasteiger partial charge in [0.2, 0.25) is 5.91 Å². The molecule has 6 heteroatoms. The lowest BCUT2D eigenvalue weighted by Crippen LogP contribution is -2.14. The molecule has 4 rings (SSSR count). The van der Waals surface area contributed by atoms with Gasteiger partial charge < -0.3 is 5.32 Å². The zero-order valence-corrected chi connectivity index (χ0v) is 20.0. The Morgan fingerprint density at radius 2 is 1.67 bits per heavy atom. The second kappa shape index (κ2) is 10.5. The van der Waals surface area contributed by atoms with Gasteiger partial charge >= 0.3 is 0 Å². The largest absolute Gasteiger partial charge is 0.325 e. The Labute approximate surface area is 199 Å². The summed E-state index contributed by atoms with van der Waals surface area (Å²) in [5, 5.41) is 12.6. The highest BCUT2D eigenvalue weighted by Crippen LogP contribution is 2.25. The van der Waals surface area contributed by atoms with E-state index in [9.17, 15) is 4.79 Å². The highest BCUT2D eigenvalue weighted by molar-refractivity contribution is 7.99. The van der Waals surface area contributed by atoms with Crippen LogP contribution in [0.25, 0.3) is 5.69 Å². The van der Waals surface area contributed by atoms with Gasteiger partial charge in [0, 0.05) is 17.8 Å². The first-order chi connectivity index (χ1) is 16.0. The highest BCUT2D eigenvalue weighted by atomic mass is 32.2. The van der Waals surface area contributed by atoms with Crippen molar-refractivity contribution in [2.24, 2.45) is 0 Å². The zero-order chi connectivity index (χ0) is 23.2. The summed E-state index contributed by atoms with van der Waals surface area (Å²) >= 11 is 1.40. The first-order valence-electron chi connectivity index (χ1n) is 11.1. The van der Waals surface area contributed by atoms with Crippen molar-refractivity contribution < 1.29 is 4.79 Å². The Hall–Kier alpha value is -3.38. The van der Waals surface area contributed by atoms with E-state index < -0.39 is 0 Å². The standard InChI is InChI=1S/C27H28N4OS/c1-4-21-11-13-23(14-12-21)28-26(32)18-33-27-30-29-25(17-22-8-6-5-7-9-22)31(27)24-15-10-19(2)20(3)16-24/h5-16H,4,17-18H2,1-3H3,(H,28,32). The molecule has 0 saturated heterocycles. The molecular weight excluding hydrogens is 428 g/mol. The number of anilines is 1. The minimum absolute atomic E-state index is 0.0662. The van der Waals surface area contributed by atoms with Crippen LogP contribution in [0.1, 0.15) is 35.0 Å². The number of amides is 1. The van der Waals surface area contributed by atoms with E-state index in [0.717, 1.165) is 23.6 Å². The average molecular weight is 457 g/mol. The van der Waals surface area contributed by atoms with Crippen molar-refractivity contribution in [2.75, 3.05) is 11.1 Å². The molecule has 5 nitrogen and oxygen atoms in total. The lowest BCUT2D eigenvalue weighted by Gasteiger charge is -2.12. The van der Waals surface area contributed by atoms with Crippen molar-refractivity contribution in [1.29, 1.82) is 0 Å². The molecule has 3 aromatic carbocycles. The fourth-order valence-electron chi connectivity index (χ4n) is 3.56. The van der Waals surface area contributed by atoms with Crippen LogP contribution in [0.3, 0.4) is 0 Å². The van der Waals surface area contributed by atoms with E-state index in [1.165, 1.54) is 34.0 Å². The van der Waals surface area contributed by atoms with Gasteiger partial charge in [-0.2, -0.15) is 0 Å². The van der Waals surface area contributed by atoms with Crippen molar-refractivity contribution >= 4 is 23.4 Å². The van der Waals surface area contributed by atoms with E-state index >= 15 is 0 Å². The van der Waals surface area contributed by atoms with Gasteiger partial charge in [-0.25, -0.2) is 0 Å². The SMILES string of the molecule is CCc1ccc(NC(=O)CSc2nnc(Cc3ccccc3)n2-c2ccc(C)c(C)c2)cc1. The van der Waals surface area contributed by atoms with E-state index in [4.69, 9.17) is 0 Å². The van der Waals surface area contributed by atoms with Crippen LogP contribution in [0.4, 0.5) is 5.69 Å². The molecule has 0 saturated carbocycles. The Kier molecular flexibility index (Phi) is 7.25. The Balaban J connectivity index is 1.55. The number of carbonyl (C=O) groups excluding carboxylic acids is 1. The predicted molar refractivity (Wildman–Crippen MR) is 135 cm³/mol. The molecule has 1 N–H and O–H groups in total. The topological polar surface area (TPSA) is 59.8 Å². The Morgan fingerprint density at radius 3 is 2.36 bits per heavy atom. The second-order valence-corrected chi connectivity index (χ2v) is 8.99. The minimum Gasteiger partial charge on any atom is -0.325 e. The summed E-state index contributed by atoms with van der Waals surface area (Å²) in [5.74, 6) is 1.04. The van der Waals surface area contributed by atoms with Gasteiger partial charge in [0.1, 0.15) is 5.82 Å². The third-order valence-corrected chi connectivity index (χ3v) is 6.56. The molecule has 4 aromatic rings. The summed E-state index contributed by atoms with van der Waals surface area (Å²) in [6.07, 6.45) is 1.64. The Bertz CT molecular complexity index is 1230. The van der Waals surface area contributed by atoms with Crippen LogP contribution in [0, 0.1) is 13.8 Å². The molecule has 0 aliphatic carbocycles. The van der Waals surface area contributed by atoms with Gasteiger partial charge in [-0.1, -0.05) is 67.2 Å². The fourth-order valence-corrected chi connectivity index (χ4v) is 4.33. The average Bonchev–Trinajstić information content (AvgIpc) is 3.23. The number of benzene rings is 3. The molecule has 1 amide bonds. The summed E-state index contributed by atoms with van der Waals surface area (Å²) < 4.78 is 2.06.